The molecule has 2 nitrogen and oxygen atoms in total. The summed E-state index contributed by atoms with van der Waals surface area (Å²) in [4.78, 5) is 11.3. The number of unbranched alkanes of at least 4 members (excludes halogenated alkanes) is 1. The Kier molecular flexibility index (Phi) is 5.50. The molecule has 0 saturated carbocycles. The summed E-state index contributed by atoms with van der Waals surface area (Å²) in [6, 6.07) is 14.2. The van der Waals surface area contributed by atoms with Gasteiger partial charge >= 0.3 is 5.97 Å². The number of carbonyl (C=O) groups is 1. The van der Waals surface area contributed by atoms with Gasteiger partial charge in [0.25, 0.3) is 0 Å². The fourth-order valence-corrected chi connectivity index (χ4v) is 2.28. The Morgan fingerprint density at radius 2 is 1.67 bits per heavy atom. The Labute approximate surface area is 124 Å². The lowest BCUT2D eigenvalue weighted by molar-refractivity contribution is 0.0600. The van der Waals surface area contributed by atoms with E-state index in [2.05, 4.69) is 4.74 Å². The molecule has 110 valence electrons. The van der Waals surface area contributed by atoms with E-state index in [9.17, 15) is 9.18 Å². The highest BCUT2D eigenvalue weighted by Gasteiger charge is 2.04. The molecule has 0 spiro atoms. The second-order valence-electron chi connectivity index (χ2n) is 5.03. The molecule has 0 amide bonds. The average molecular weight is 286 g/mol. The van der Waals surface area contributed by atoms with Crippen LogP contribution in [0, 0.1) is 5.82 Å². The van der Waals surface area contributed by atoms with E-state index >= 15 is 0 Å². The third kappa shape index (κ3) is 4.71. The van der Waals surface area contributed by atoms with Crippen LogP contribution in [-0.4, -0.2) is 13.1 Å². The molecule has 0 N–H and O–H groups in total. The first-order chi connectivity index (χ1) is 10.2. The Morgan fingerprint density at radius 1 is 1.00 bits per heavy atom. The van der Waals surface area contributed by atoms with Gasteiger partial charge < -0.3 is 4.74 Å². The number of esters is 1. The molecule has 3 heteroatoms. The minimum Gasteiger partial charge on any atom is -0.465 e. The van der Waals surface area contributed by atoms with Crippen LogP contribution in [0.4, 0.5) is 4.39 Å². The zero-order chi connectivity index (χ0) is 15.1. The van der Waals surface area contributed by atoms with Gasteiger partial charge in [-0.25, -0.2) is 9.18 Å². The summed E-state index contributed by atoms with van der Waals surface area (Å²) >= 11 is 0. The van der Waals surface area contributed by atoms with Crippen molar-refractivity contribution in [1.29, 1.82) is 0 Å². The molecular weight excluding hydrogens is 267 g/mol. The Hall–Kier alpha value is -2.16. The van der Waals surface area contributed by atoms with Crippen LogP contribution in [0.25, 0.3) is 0 Å². The predicted octanol–water partition coefficient (Wildman–Crippen LogP) is 4.18. The summed E-state index contributed by atoms with van der Waals surface area (Å²) in [5.74, 6) is -0.487. The number of carbonyl (C=O) groups excluding carboxylic acids is 1. The van der Waals surface area contributed by atoms with Crippen LogP contribution in [-0.2, 0) is 17.6 Å². The maximum Gasteiger partial charge on any atom is 0.337 e. The summed E-state index contributed by atoms with van der Waals surface area (Å²) < 4.78 is 17.7. The zero-order valence-electron chi connectivity index (χ0n) is 12.1. The van der Waals surface area contributed by atoms with E-state index in [4.69, 9.17) is 0 Å². The molecule has 2 aromatic carbocycles. The molecule has 0 heterocycles. The zero-order valence-corrected chi connectivity index (χ0v) is 12.1. The third-order valence-electron chi connectivity index (χ3n) is 3.44. The minimum atomic E-state index is -0.312. The van der Waals surface area contributed by atoms with Gasteiger partial charge in [-0.3, -0.25) is 0 Å². The van der Waals surface area contributed by atoms with Gasteiger partial charge in [-0.2, -0.15) is 0 Å². The second kappa shape index (κ2) is 7.58. The van der Waals surface area contributed by atoms with Crippen LogP contribution in [0.2, 0.25) is 0 Å². The quantitative estimate of drug-likeness (QED) is 0.588. The highest BCUT2D eigenvalue weighted by atomic mass is 19.1. The fraction of sp³-hybridized carbons (Fsp3) is 0.278. The number of rotatable bonds is 6. The predicted molar refractivity (Wildman–Crippen MR) is 80.8 cm³/mol. The second-order valence-corrected chi connectivity index (χ2v) is 5.03. The molecule has 0 aromatic heterocycles. The smallest absolute Gasteiger partial charge is 0.337 e. The Bertz CT molecular complexity index is 590. The van der Waals surface area contributed by atoms with Crippen LogP contribution in [0.1, 0.15) is 34.3 Å². The van der Waals surface area contributed by atoms with Crippen LogP contribution >= 0.6 is 0 Å². The summed E-state index contributed by atoms with van der Waals surface area (Å²) in [6.45, 7) is 0. The first-order valence-electron chi connectivity index (χ1n) is 7.11. The summed E-state index contributed by atoms with van der Waals surface area (Å²) in [7, 11) is 1.38. The molecule has 0 bridgehead atoms. The van der Waals surface area contributed by atoms with Crippen molar-refractivity contribution in [3.05, 3.63) is 71.0 Å². The first-order valence-corrected chi connectivity index (χ1v) is 7.11. The van der Waals surface area contributed by atoms with Gasteiger partial charge in [0.15, 0.2) is 0 Å². The highest BCUT2D eigenvalue weighted by Crippen LogP contribution is 2.12. The van der Waals surface area contributed by atoms with E-state index in [1.165, 1.54) is 18.7 Å². The lowest BCUT2D eigenvalue weighted by atomic mass is 10.0. The Morgan fingerprint density at radius 3 is 2.29 bits per heavy atom. The van der Waals surface area contributed by atoms with E-state index in [-0.39, 0.29) is 11.8 Å². The number of methoxy groups -OCH3 is 1. The topological polar surface area (TPSA) is 26.3 Å². The van der Waals surface area contributed by atoms with Crippen LogP contribution in [0.5, 0.6) is 0 Å². The van der Waals surface area contributed by atoms with E-state index in [0.29, 0.717) is 5.56 Å². The van der Waals surface area contributed by atoms with Crippen molar-refractivity contribution in [1.82, 2.24) is 0 Å². The van der Waals surface area contributed by atoms with Crippen molar-refractivity contribution in [2.24, 2.45) is 0 Å². The van der Waals surface area contributed by atoms with Gasteiger partial charge in [-0.15, -0.1) is 0 Å². The largest absolute Gasteiger partial charge is 0.465 e. The lowest BCUT2D eigenvalue weighted by Crippen LogP contribution is -2.00. The lowest BCUT2D eigenvalue weighted by Gasteiger charge is -2.04. The fourth-order valence-electron chi connectivity index (χ4n) is 2.28. The molecule has 2 rings (SSSR count). The summed E-state index contributed by atoms with van der Waals surface area (Å²) in [6.07, 6.45) is 3.89. The van der Waals surface area contributed by atoms with E-state index in [1.807, 2.05) is 18.2 Å². The molecule has 0 aliphatic rings. The molecule has 0 radical (unpaired) electrons. The first kappa shape index (κ1) is 15.2. The van der Waals surface area contributed by atoms with E-state index in [1.54, 1.807) is 24.3 Å². The highest BCUT2D eigenvalue weighted by molar-refractivity contribution is 5.89. The normalized spacial score (nSPS) is 10.4. The van der Waals surface area contributed by atoms with Gasteiger partial charge in [0.2, 0.25) is 0 Å². The third-order valence-corrected chi connectivity index (χ3v) is 3.44. The molecule has 0 saturated heterocycles. The molecule has 0 unspecified atom stereocenters. The van der Waals surface area contributed by atoms with E-state index in [0.717, 1.165) is 31.2 Å². The van der Waals surface area contributed by atoms with Crippen LogP contribution in [0.15, 0.2) is 48.5 Å². The van der Waals surface area contributed by atoms with Crippen molar-refractivity contribution < 1.29 is 13.9 Å². The number of aryl methyl sites for hydroxylation is 2. The molecule has 0 fully saturated rings. The maximum atomic E-state index is 13.0. The van der Waals surface area contributed by atoms with Gasteiger partial charge in [0.05, 0.1) is 12.7 Å². The average Bonchev–Trinajstić information content (AvgIpc) is 2.51. The molecule has 2 aromatic rings. The summed E-state index contributed by atoms with van der Waals surface area (Å²) in [5.41, 5.74) is 2.80. The van der Waals surface area contributed by atoms with Gasteiger partial charge in [-0.1, -0.05) is 24.3 Å². The Balaban J connectivity index is 1.77. The number of ether oxygens (including phenoxy) is 1. The van der Waals surface area contributed by atoms with Gasteiger partial charge in [0, 0.05) is 0 Å². The minimum absolute atomic E-state index is 0.175. The molecule has 0 aliphatic carbocycles. The SMILES string of the molecule is COC(=O)c1ccc(CCCCc2cccc(F)c2)cc1. The maximum absolute atomic E-state index is 13.0. The van der Waals surface area contributed by atoms with Gasteiger partial charge in [-0.05, 0) is 61.1 Å². The molecular formula is C18H19FO2. The van der Waals surface area contributed by atoms with Crippen molar-refractivity contribution in [2.45, 2.75) is 25.7 Å². The number of hydrogen-bond donors (Lipinski definition) is 0. The molecule has 0 atom stereocenters. The van der Waals surface area contributed by atoms with Gasteiger partial charge in [0.1, 0.15) is 5.82 Å². The van der Waals surface area contributed by atoms with Crippen molar-refractivity contribution in [3.63, 3.8) is 0 Å². The van der Waals surface area contributed by atoms with Crippen molar-refractivity contribution in [2.75, 3.05) is 7.11 Å². The van der Waals surface area contributed by atoms with Crippen molar-refractivity contribution >= 4 is 5.97 Å². The number of halogens is 1. The molecule has 21 heavy (non-hydrogen) atoms. The van der Waals surface area contributed by atoms with Crippen LogP contribution < -0.4 is 0 Å². The summed E-state index contributed by atoms with van der Waals surface area (Å²) in [5, 5.41) is 0. The molecule has 0 aliphatic heterocycles. The number of hydrogen-bond acceptors (Lipinski definition) is 2. The van der Waals surface area contributed by atoms with Crippen LogP contribution in [0.3, 0.4) is 0 Å². The van der Waals surface area contributed by atoms with E-state index < -0.39 is 0 Å². The monoisotopic (exact) mass is 286 g/mol. The van der Waals surface area contributed by atoms with Crippen molar-refractivity contribution in [3.8, 4) is 0 Å². The standard InChI is InChI=1S/C18H19FO2/c1-21-18(20)16-11-9-14(10-12-16)5-2-3-6-15-7-4-8-17(19)13-15/h4,7-13H,2-3,5-6H2,1H3. The number of benzene rings is 2.